The fourth-order valence-corrected chi connectivity index (χ4v) is 6.18. The van der Waals surface area contributed by atoms with Gasteiger partial charge >= 0.3 is 5.69 Å². The summed E-state index contributed by atoms with van der Waals surface area (Å²) in [5, 5.41) is 0.388. The van der Waals surface area contributed by atoms with Gasteiger partial charge in [0, 0.05) is 6.54 Å². The zero-order chi connectivity index (χ0) is 23.9. The van der Waals surface area contributed by atoms with Crippen LogP contribution in [0.1, 0.15) is 24.8 Å². The van der Waals surface area contributed by atoms with E-state index in [1.165, 1.54) is 22.5 Å². The summed E-state index contributed by atoms with van der Waals surface area (Å²) in [6, 6.07) is 18.2. The van der Waals surface area contributed by atoms with Gasteiger partial charge in [-0.05, 0) is 61.2 Å². The molecule has 34 heavy (non-hydrogen) atoms. The van der Waals surface area contributed by atoms with Gasteiger partial charge in [-0.3, -0.25) is 9.10 Å². The number of aromatic amines is 1. The third kappa shape index (κ3) is 3.82. The number of fused-ring (bicyclic) bond motifs is 2. The van der Waals surface area contributed by atoms with E-state index in [1.54, 1.807) is 24.3 Å². The molecule has 3 aromatic carbocycles. The average molecular weight is 496 g/mol. The highest BCUT2D eigenvalue weighted by atomic mass is 35.5. The molecule has 2 heterocycles. The smallest absolute Gasteiger partial charge is 0.306 e. The van der Waals surface area contributed by atoms with Crippen molar-refractivity contribution in [2.24, 2.45) is 0 Å². The molecule has 174 valence electrons. The standard InChI is InChI=1S/C25H22ClN3O4S/c26-20-14-13-18(16-23(20)29-24(30)19-10-4-5-11-21(19)27-25(29)31)34(32,33)28-15-7-1-2-8-17-9-3-6-12-22(17)28/h3-6,9-14,16H,1-2,7-8,15H2,(H,27,31). The number of benzene rings is 3. The third-order valence-corrected chi connectivity index (χ3v) is 8.25. The first-order chi connectivity index (χ1) is 16.4. The maximum absolute atomic E-state index is 13.8. The topological polar surface area (TPSA) is 92.2 Å². The van der Waals surface area contributed by atoms with Crippen LogP contribution in [0.2, 0.25) is 5.02 Å². The molecule has 0 saturated heterocycles. The Morgan fingerprint density at radius 1 is 0.853 bits per heavy atom. The second-order valence-corrected chi connectivity index (χ2v) is 10.5. The third-order valence-electron chi connectivity index (χ3n) is 6.12. The molecule has 1 aliphatic heterocycles. The number of H-pyrrole nitrogens is 1. The highest BCUT2D eigenvalue weighted by Gasteiger charge is 2.28. The van der Waals surface area contributed by atoms with Crippen molar-refractivity contribution < 1.29 is 8.42 Å². The van der Waals surface area contributed by atoms with Crippen LogP contribution in [0.15, 0.2) is 81.2 Å². The molecule has 5 rings (SSSR count). The van der Waals surface area contributed by atoms with Crippen molar-refractivity contribution in [3.8, 4) is 5.69 Å². The van der Waals surface area contributed by atoms with Crippen molar-refractivity contribution >= 4 is 38.2 Å². The summed E-state index contributed by atoms with van der Waals surface area (Å²) in [6.45, 7) is 0.341. The monoisotopic (exact) mass is 495 g/mol. The fraction of sp³-hybridized carbons (Fsp3) is 0.200. The maximum Gasteiger partial charge on any atom is 0.333 e. The van der Waals surface area contributed by atoms with Crippen molar-refractivity contribution in [2.75, 3.05) is 10.8 Å². The van der Waals surface area contributed by atoms with E-state index in [9.17, 15) is 18.0 Å². The molecule has 0 aliphatic carbocycles. The van der Waals surface area contributed by atoms with Crippen molar-refractivity contribution in [3.63, 3.8) is 0 Å². The minimum Gasteiger partial charge on any atom is -0.306 e. The first-order valence-corrected chi connectivity index (χ1v) is 12.8. The van der Waals surface area contributed by atoms with Crippen molar-refractivity contribution in [2.45, 2.75) is 30.6 Å². The molecule has 0 radical (unpaired) electrons. The maximum atomic E-state index is 13.8. The molecule has 1 N–H and O–H groups in total. The van der Waals surface area contributed by atoms with Crippen LogP contribution in [0.4, 0.5) is 5.69 Å². The molecule has 1 aromatic heterocycles. The van der Waals surface area contributed by atoms with E-state index < -0.39 is 21.3 Å². The lowest BCUT2D eigenvalue weighted by Gasteiger charge is -2.28. The predicted octanol–water partition coefficient (Wildman–Crippen LogP) is 4.25. The molecule has 9 heteroatoms. The van der Waals surface area contributed by atoms with Gasteiger partial charge in [0.1, 0.15) is 0 Å². The van der Waals surface area contributed by atoms with Gasteiger partial charge in [-0.25, -0.2) is 17.8 Å². The van der Waals surface area contributed by atoms with E-state index in [2.05, 4.69) is 4.98 Å². The lowest BCUT2D eigenvalue weighted by Crippen LogP contribution is -2.35. The predicted molar refractivity (Wildman–Crippen MR) is 134 cm³/mol. The van der Waals surface area contributed by atoms with Crippen LogP contribution in [0, 0.1) is 0 Å². The Morgan fingerprint density at radius 3 is 2.47 bits per heavy atom. The molecule has 0 atom stereocenters. The molecule has 0 unspecified atom stereocenters. The summed E-state index contributed by atoms with van der Waals surface area (Å²) in [4.78, 5) is 28.6. The van der Waals surface area contributed by atoms with E-state index in [-0.39, 0.29) is 15.6 Å². The number of para-hydroxylation sites is 2. The number of hydrogen-bond acceptors (Lipinski definition) is 4. The van der Waals surface area contributed by atoms with Crippen LogP contribution < -0.4 is 15.6 Å². The Hall–Kier alpha value is -3.36. The summed E-state index contributed by atoms with van der Waals surface area (Å²) in [6.07, 6.45) is 3.46. The number of halogens is 1. The van der Waals surface area contributed by atoms with Crippen molar-refractivity contribution in [3.05, 3.63) is 98.2 Å². The van der Waals surface area contributed by atoms with Crippen LogP contribution in [0.5, 0.6) is 0 Å². The normalized spacial score (nSPS) is 14.4. The number of anilines is 1. The fourth-order valence-electron chi connectivity index (χ4n) is 4.42. The largest absolute Gasteiger partial charge is 0.333 e. The van der Waals surface area contributed by atoms with Gasteiger partial charge in [-0.15, -0.1) is 0 Å². The van der Waals surface area contributed by atoms with Crippen molar-refractivity contribution in [1.29, 1.82) is 0 Å². The molecule has 0 amide bonds. The van der Waals surface area contributed by atoms with Gasteiger partial charge in [0.25, 0.3) is 15.6 Å². The van der Waals surface area contributed by atoms with E-state index in [0.717, 1.165) is 35.8 Å². The Labute approximate surface area is 201 Å². The second kappa shape index (κ2) is 8.77. The Bertz CT molecular complexity index is 1630. The number of rotatable bonds is 3. The van der Waals surface area contributed by atoms with Gasteiger partial charge in [0.15, 0.2) is 0 Å². The lowest BCUT2D eigenvalue weighted by atomic mass is 10.0. The SMILES string of the molecule is O=c1[nH]c2ccccc2c(=O)n1-c1cc(S(=O)(=O)N2CCCCCc3ccccc32)ccc1Cl. The molecule has 0 fully saturated rings. The average Bonchev–Trinajstić information content (AvgIpc) is 2.80. The minimum absolute atomic E-state index is 0.0140. The van der Waals surface area contributed by atoms with Gasteiger partial charge in [0.2, 0.25) is 0 Å². The number of hydrogen-bond donors (Lipinski definition) is 1. The second-order valence-electron chi connectivity index (χ2n) is 8.25. The van der Waals surface area contributed by atoms with Gasteiger partial charge in [-0.2, -0.15) is 0 Å². The summed E-state index contributed by atoms with van der Waals surface area (Å²) in [5.41, 5.74) is 0.761. The zero-order valence-corrected chi connectivity index (χ0v) is 19.8. The Balaban J connectivity index is 1.68. The van der Waals surface area contributed by atoms with E-state index >= 15 is 0 Å². The number of aryl methyl sites for hydroxylation is 1. The number of nitrogens with one attached hydrogen (secondary N) is 1. The highest BCUT2D eigenvalue weighted by Crippen LogP contribution is 2.32. The lowest BCUT2D eigenvalue weighted by molar-refractivity contribution is 0.583. The molecular formula is C25H22ClN3O4S. The Kier molecular flexibility index (Phi) is 5.79. The van der Waals surface area contributed by atoms with E-state index in [4.69, 9.17) is 11.6 Å². The molecule has 0 bridgehead atoms. The van der Waals surface area contributed by atoms with Gasteiger partial charge in [-0.1, -0.05) is 48.4 Å². The molecular weight excluding hydrogens is 474 g/mol. The molecule has 4 aromatic rings. The molecule has 0 spiro atoms. The van der Waals surface area contributed by atoms with Crippen LogP contribution in [-0.4, -0.2) is 24.5 Å². The Morgan fingerprint density at radius 2 is 1.62 bits per heavy atom. The quantitative estimate of drug-likeness (QED) is 0.459. The first kappa shape index (κ1) is 22.4. The minimum atomic E-state index is -3.98. The van der Waals surface area contributed by atoms with Gasteiger partial charge in [0.05, 0.1) is 32.2 Å². The van der Waals surface area contributed by atoms with Crippen molar-refractivity contribution in [1.82, 2.24) is 9.55 Å². The van der Waals surface area contributed by atoms with E-state index in [0.29, 0.717) is 23.1 Å². The van der Waals surface area contributed by atoms with Crippen LogP contribution in [0.3, 0.4) is 0 Å². The number of nitrogens with zero attached hydrogens (tertiary/aromatic N) is 2. The van der Waals surface area contributed by atoms with Crippen LogP contribution in [0.25, 0.3) is 16.6 Å². The van der Waals surface area contributed by atoms with Crippen LogP contribution in [-0.2, 0) is 16.4 Å². The molecule has 0 saturated carbocycles. The number of sulfonamides is 1. The highest BCUT2D eigenvalue weighted by molar-refractivity contribution is 7.92. The molecule has 1 aliphatic rings. The summed E-state index contributed by atoms with van der Waals surface area (Å²) in [7, 11) is -3.98. The summed E-state index contributed by atoms with van der Waals surface area (Å²) in [5.74, 6) is 0. The first-order valence-electron chi connectivity index (χ1n) is 11.0. The number of aromatic nitrogens is 2. The molecule has 7 nitrogen and oxygen atoms in total. The zero-order valence-electron chi connectivity index (χ0n) is 18.2. The summed E-state index contributed by atoms with van der Waals surface area (Å²) >= 11 is 6.37. The van der Waals surface area contributed by atoms with E-state index in [1.807, 2.05) is 24.3 Å². The van der Waals surface area contributed by atoms with Crippen LogP contribution >= 0.6 is 11.6 Å². The summed E-state index contributed by atoms with van der Waals surface area (Å²) < 4.78 is 29.9. The van der Waals surface area contributed by atoms with Gasteiger partial charge < -0.3 is 4.98 Å².